The Balaban J connectivity index is 2.21. The summed E-state index contributed by atoms with van der Waals surface area (Å²) < 4.78 is 0. The van der Waals surface area contributed by atoms with E-state index in [1.165, 1.54) is 4.90 Å². The van der Waals surface area contributed by atoms with Gasteiger partial charge in [-0.1, -0.05) is 40.2 Å². The number of rotatable bonds is 10. The summed E-state index contributed by atoms with van der Waals surface area (Å²) >= 11 is 0. The van der Waals surface area contributed by atoms with Crippen LogP contribution in [0.25, 0.3) is 0 Å². The number of nitrogens with zero attached hydrogens (tertiary/aromatic N) is 3. The van der Waals surface area contributed by atoms with Crippen LogP contribution in [0.5, 0.6) is 0 Å². The van der Waals surface area contributed by atoms with Crippen LogP contribution in [-0.4, -0.2) is 93.8 Å². The van der Waals surface area contributed by atoms with Crippen LogP contribution in [0.2, 0.25) is 0 Å². The molecular formula is C28H48N4O5. The van der Waals surface area contributed by atoms with E-state index in [-0.39, 0.29) is 47.7 Å². The molecule has 2 aliphatic rings. The van der Waals surface area contributed by atoms with Crippen LogP contribution in [0.1, 0.15) is 80.6 Å². The first-order valence-corrected chi connectivity index (χ1v) is 13.8. The van der Waals surface area contributed by atoms with Crippen LogP contribution in [0, 0.1) is 11.8 Å². The molecule has 0 aromatic heterocycles. The molecule has 4 atom stereocenters. The quantitative estimate of drug-likeness (QED) is 0.429. The van der Waals surface area contributed by atoms with Crippen molar-refractivity contribution in [2.45, 2.75) is 111 Å². The molecule has 9 nitrogen and oxygen atoms in total. The van der Waals surface area contributed by atoms with Crippen LogP contribution in [-0.2, 0) is 19.2 Å². The van der Waals surface area contributed by atoms with Crippen LogP contribution in [0.4, 0.5) is 0 Å². The van der Waals surface area contributed by atoms with Crippen molar-refractivity contribution in [2.24, 2.45) is 11.8 Å². The highest BCUT2D eigenvalue weighted by atomic mass is 16.4. The molecule has 2 heterocycles. The third-order valence-corrected chi connectivity index (χ3v) is 7.78. The number of amides is 3. The summed E-state index contributed by atoms with van der Waals surface area (Å²) in [6.07, 6.45) is 5.73. The molecule has 0 aromatic carbocycles. The summed E-state index contributed by atoms with van der Waals surface area (Å²) in [6, 6.07) is -1.87. The Morgan fingerprint density at radius 2 is 1.54 bits per heavy atom. The van der Waals surface area contributed by atoms with Crippen LogP contribution in [0.15, 0.2) is 11.6 Å². The molecule has 0 spiro atoms. The lowest BCUT2D eigenvalue weighted by Gasteiger charge is -2.39. The van der Waals surface area contributed by atoms with E-state index in [1.54, 1.807) is 24.9 Å². The van der Waals surface area contributed by atoms with Gasteiger partial charge in [-0.05, 0) is 64.8 Å². The van der Waals surface area contributed by atoms with Gasteiger partial charge in [-0.3, -0.25) is 19.3 Å². The van der Waals surface area contributed by atoms with Gasteiger partial charge in [0.2, 0.25) is 17.7 Å². The van der Waals surface area contributed by atoms with Gasteiger partial charge in [0.15, 0.2) is 0 Å². The number of hydrogen-bond donors (Lipinski definition) is 2. The number of carbonyl (C=O) groups excluding carboxylic acids is 3. The monoisotopic (exact) mass is 520 g/mol. The number of nitrogens with one attached hydrogen (secondary N) is 1. The molecule has 2 rings (SSSR count). The van der Waals surface area contributed by atoms with E-state index in [0.29, 0.717) is 25.0 Å². The molecule has 2 fully saturated rings. The van der Waals surface area contributed by atoms with Gasteiger partial charge in [-0.2, -0.15) is 0 Å². The van der Waals surface area contributed by atoms with Crippen molar-refractivity contribution in [1.29, 1.82) is 0 Å². The first-order valence-electron chi connectivity index (χ1n) is 13.8. The number of piperidine rings is 1. The van der Waals surface area contributed by atoms with Gasteiger partial charge in [0, 0.05) is 25.2 Å². The van der Waals surface area contributed by atoms with E-state index in [4.69, 9.17) is 0 Å². The van der Waals surface area contributed by atoms with Gasteiger partial charge in [-0.25, -0.2) is 4.79 Å². The third kappa shape index (κ3) is 7.55. The summed E-state index contributed by atoms with van der Waals surface area (Å²) in [4.78, 5) is 56.9. The Hall–Kier alpha value is -2.42. The maximum Gasteiger partial charge on any atom is 0.326 e. The number of likely N-dealkylation sites (N-methyl/N-ethyl adjacent to an activating group) is 1. The second kappa shape index (κ2) is 13.4. The Kier molecular flexibility index (Phi) is 11.2. The second-order valence-electron chi connectivity index (χ2n) is 11.6. The van der Waals surface area contributed by atoms with Crippen molar-refractivity contribution in [2.75, 3.05) is 20.1 Å². The summed E-state index contributed by atoms with van der Waals surface area (Å²) in [5.41, 5.74) is 0.423. The molecule has 37 heavy (non-hydrogen) atoms. The minimum Gasteiger partial charge on any atom is -0.480 e. The van der Waals surface area contributed by atoms with Crippen molar-refractivity contribution in [3.05, 3.63) is 11.6 Å². The first-order chi connectivity index (χ1) is 17.3. The molecule has 9 heteroatoms. The first kappa shape index (κ1) is 30.8. The number of carbonyl (C=O) groups is 4. The molecule has 0 aliphatic carbocycles. The van der Waals surface area contributed by atoms with Gasteiger partial charge in [0.05, 0.1) is 12.1 Å². The lowest BCUT2D eigenvalue weighted by Crippen LogP contribution is -2.58. The van der Waals surface area contributed by atoms with Gasteiger partial charge < -0.3 is 20.2 Å². The van der Waals surface area contributed by atoms with E-state index >= 15 is 0 Å². The number of hydrogen-bond acceptors (Lipinski definition) is 5. The smallest absolute Gasteiger partial charge is 0.326 e. The van der Waals surface area contributed by atoms with E-state index in [2.05, 4.69) is 24.1 Å². The summed E-state index contributed by atoms with van der Waals surface area (Å²) in [7, 11) is 1.71. The third-order valence-electron chi connectivity index (χ3n) is 7.78. The minimum absolute atomic E-state index is 0.00356. The van der Waals surface area contributed by atoms with Crippen molar-refractivity contribution in [3.63, 3.8) is 0 Å². The average Bonchev–Trinajstić information content (AvgIpc) is 3.34. The number of carboxylic acid groups (broad SMARTS) is 1. The highest BCUT2D eigenvalue weighted by Crippen LogP contribution is 2.23. The minimum atomic E-state index is -0.990. The molecule has 4 unspecified atom stereocenters. The topological polar surface area (TPSA) is 110 Å². The number of likely N-dealkylation sites (tertiary alicyclic amines) is 2. The summed E-state index contributed by atoms with van der Waals surface area (Å²) in [5.74, 6) is -1.72. The lowest BCUT2D eigenvalue weighted by molar-refractivity contribution is -0.146. The fourth-order valence-electron chi connectivity index (χ4n) is 5.55. The molecule has 0 radical (unpaired) electrons. The zero-order valence-electron chi connectivity index (χ0n) is 24.0. The van der Waals surface area contributed by atoms with Crippen molar-refractivity contribution >= 4 is 23.7 Å². The SMILES string of the molecule is C/C(=C\C(C(C)C)N(C)C(=O)C(NC(=O)C1CCCCN1C(C)C)C(C)C)C(=O)N1CCCC1C(=O)O. The zero-order chi connectivity index (χ0) is 28.0. The second-order valence-corrected chi connectivity index (χ2v) is 11.6. The molecule has 0 aromatic rings. The van der Waals surface area contributed by atoms with Gasteiger partial charge in [0.25, 0.3) is 0 Å². The van der Waals surface area contributed by atoms with Crippen molar-refractivity contribution in [1.82, 2.24) is 20.0 Å². The molecule has 2 N–H and O–H groups in total. The molecule has 0 bridgehead atoms. The average molecular weight is 521 g/mol. The lowest BCUT2D eigenvalue weighted by atomic mass is 9.95. The van der Waals surface area contributed by atoms with E-state index in [9.17, 15) is 24.3 Å². The van der Waals surface area contributed by atoms with Gasteiger partial charge in [0.1, 0.15) is 12.1 Å². The van der Waals surface area contributed by atoms with Gasteiger partial charge in [-0.15, -0.1) is 0 Å². The largest absolute Gasteiger partial charge is 0.480 e. The maximum absolute atomic E-state index is 13.7. The van der Waals surface area contributed by atoms with Gasteiger partial charge >= 0.3 is 5.97 Å². The molecule has 0 saturated carbocycles. The number of carboxylic acids is 1. The molecule has 3 amide bonds. The number of aliphatic carboxylic acids is 1. The Morgan fingerprint density at radius 1 is 0.919 bits per heavy atom. The predicted octanol–water partition coefficient (Wildman–Crippen LogP) is 2.90. The van der Waals surface area contributed by atoms with Crippen LogP contribution in [0.3, 0.4) is 0 Å². The fourth-order valence-corrected chi connectivity index (χ4v) is 5.55. The highest BCUT2D eigenvalue weighted by Gasteiger charge is 2.37. The predicted molar refractivity (Wildman–Crippen MR) is 144 cm³/mol. The zero-order valence-corrected chi connectivity index (χ0v) is 24.0. The van der Waals surface area contributed by atoms with Crippen molar-refractivity contribution in [3.8, 4) is 0 Å². The molecule has 2 aliphatic heterocycles. The normalized spacial score (nSPS) is 22.9. The Labute approximate surface area is 222 Å². The summed E-state index contributed by atoms with van der Waals surface area (Å²) in [5, 5.41) is 12.5. The van der Waals surface area contributed by atoms with Crippen LogP contribution < -0.4 is 5.32 Å². The molecule has 2 saturated heterocycles. The molecular weight excluding hydrogens is 472 g/mol. The Morgan fingerprint density at radius 3 is 2.08 bits per heavy atom. The van der Waals surface area contributed by atoms with Crippen molar-refractivity contribution < 1.29 is 24.3 Å². The summed E-state index contributed by atoms with van der Waals surface area (Å²) in [6.45, 7) is 15.0. The standard InChI is InChI=1S/C28H48N4O5/c1-17(2)23(16-20(7)26(34)32-15-11-13-22(32)28(36)37)30(8)27(35)24(18(3)4)29-25(33)21-12-9-10-14-31(21)19(5)6/h16-19,21-24H,9-15H2,1-8H3,(H,29,33)(H,36,37)/b20-16+. The van der Waals surface area contributed by atoms with E-state index in [0.717, 1.165) is 25.8 Å². The fraction of sp³-hybridized carbons (Fsp3) is 0.786. The maximum atomic E-state index is 13.7. The van der Waals surface area contributed by atoms with E-state index in [1.807, 2.05) is 27.7 Å². The molecule has 210 valence electrons. The van der Waals surface area contributed by atoms with E-state index < -0.39 is 18.1 Å². The highest BCUT2D eigenvalue weighted by molar-refractivity contribution is 5.96. The van der Waals surface area contributed by atoms with Crippen LogP contribution >= 0.6 is 0 Å². The Bertz CT molecular complexity index is 869.